The summed E-state index contributed by atoms with van der Waals surface area (Å²) < 4.78 is 19.1. The summed E-state index contributed by atoms with van der Waals surface area (Å²) in [5.74, 6) is 0.0518. The highest BCUT2D eigenvalue weighted by atomic mass is 35.5. The Morgan fingerprint density at radius 2 is 2.03 bits per heavy atom. The van der Waals surface area contributed by atoms with E-state index in [9.17, 15) is 19.6 Å². The number of hydrogen-bond acceptors (Lipinski definition) is 5. The van der Waals surface area contributed by atoms with E-state index in [0.717, 1.165) is 5.56 Å². The van der Waals surface area contributed by atoms with Crippen LogP contribution in [0.25, 0.3) is 0 Å². The Balaban J connectivity index is 1.40. The van der Waals surface area contributed by atoms with Crippen LogP contribution >= 0.6 is 11.6 Å². The summed E-state index contributed by atoms with van der Waals surface area (Å²) in [5.41, 5.74) is 1.57. The first-order valence-electron chi connectivity index (χ1n) is 10.2. The highest BCUT2D eigenvalue weighted by molar-refractivity contribution is 6.31. The van der Waals surface area contributed by atoms with Crippen molar-refractivity contribution in [1.82, 2.24) is 4.90 Å². The maximum Gasteiger partial charge on any atom is 0.265 e. The summed E-state index contributed by atoms with van der Waals surface area (Å²) in [6, 6.07) is 12.0. The van der Waals surface area contributed by atoms with Crippen LogP contribution in [-0.2, 0) is 17.8 Å². The van der Waals surface area contributed by atoms with E-state index in [4.69, 9.17) is 16.3 Å². The number of fused-ring (bicyclic) bond motifs is 1. The number of carbonyl (C=O) groups is 1. The molecule has 1 fully saturated rings. The van der Waals surface area contributed by atoms with Crippen molar-refractivity contribution in [2.24, 2.45) is 5.41 Å². The molecule has 2 aliphatic rings. The van der Waals surface area contributed by atoms with Gasteiger partial charge in [0.1, 0.15) is 11.6 Å². The topological polar surface area (TPSA) is 85.6 Å². The monoisotopic (exact) mass is 443 g/mol. The van der Waals surface area contributed by atoms with Gasteiger partial charge in [-0.3, -0.25) is 4.79 Å². The van der Waals surface area contributed by atoms with E-state index < -0.39 is 11.5 Å². The number of benzene rings is 2. The van der Waals surface area contributed by atoms with Gasteiger partial charge in [-0.2, -0.15) is 5.26 Å². The second-order valence-corrected chi connectivity index (χ2v) is 8.51. The maximum atomic E-state index is 13.2. The van der Waals surface area contributed by atoms with Gasteiger partial charge in [-0.15, -0.1) is 0 Å². The molecule has 1 atom stereocenters. The van der Waals surface area contributed by atoms with Crippen LogP contribution in [0.4, 0.5) is 10.1 Å². The van der Waals surface area contributed by atoms with Gasteiger partial charge in [-0.1, -0.05) is 23.7 Å². The first-order valence-corrected chi connectivity index (χ1v) is 10.6. The number of anilines is 1. The number of likely N-dealkylation sites (tertiary alicyclic amines) is 1. The average molecular weight is 444 g/mol. The Morgan fingerprint density at radius 3 is 2.68 bits per heavy atom. The second-order valence-electron chi connectivity index (χ2n) is 8.11. The first kappa shape index (κ1) is 21.4. The molecule has 162 valence electrons. The van der Waals surface area contributed by atoms with Crippen molar-refractivity contribution in [2.75, 3.05) is 25.0 Å². The fraction of sp³-hybridized carbons (Fsp3) is 0.391. The van der Waals surface area contributed by atoms with Crippen LogP contribution in [0.3, 0.4) is 0 Å². The van der Waals surface area contributed by atoms with E-state index in [2.05, 4.69) is 11.4 Å². The van der Waals surface area contributed by atoms with Crippen molar-refractivity contribution < 1.29 is 19.0 Å². The zero-order chi connectivity index (χ0) is 22.0. The van der Waals surface area contributed by atoms with Crippen molar-refractivity contribution in [3.05, 3.63) is 58.4 Å². The Morgan fingerprint density at radius 1 is 1.32 bits per heavy atom. The fourth-order valence-corrected chi connectivity index (χ4v) is 4.39. The number of rotatable bonds is 4. The van der Waals surface area contributed by atoms with E-state index in [1.165, 1.54) is 12.1 Å². The third-order valence-electron chi connectivity index (χ3n) is 6.07. The molecule has 0 aromatic heterocycles. The summed E-state index contributed by atoms with van der Waals surface area (Å²) in [6.45, 7) is 1.02. The van der Waals surface area contributed by atoms with Crippen LogP contribution in [0.5, 0.6) is 5.75 Å². The van der Waals surface area contributed by atoms with Crippen LogP contribution in [0, 0.1) is 22.6 Å². The molecule has 31 heavy (non-hydrogen) atoms. The Bertz CT molecular complexity index is 1010. The normalized spacial score (nSPS) is 19.5. The number of amides is 1. The number of halogens is 2. The van der Waals surface area contributed by atoms with Crippen molar-refractivity contribution in [1.29, 1.82) is 5.26 Å². The van der Waals surface area contributed by atoms with E-state index in [0.29, 0.717) is 60.9 Å². The van der Waals surface area contributed by atoms with Crippen LogP contribution < -0.4 is 10.1 Å². The van der Waals surface area contributed by atoms with E-state index >= 15 is 0 Å². The minimum Gasteiger partial charge on any atom is -0.477 e. The summed E-state index contributed by atoms with van der Waals surface area (Å²) in [5, 5.41) is 22.8. The van der Waals surface area contributed by atoms with E-state index in [-0.39, 0.29) is 18.3 Å². The third-order valence-corrected chi connectivity index (χ3v) is 6.42. The molecule has 2 aromatic carbocycles. The molecule has 2 aliphatic heterocycles. The quantitative estimate of drug-likeness (QED) is 0.755. The number of aliphatic hydroxyl groups excluding tert-OH is 1. The van der Waals surface area contributed by atoms with Crippen LogP contribution in [0.1, 0.15) is 24.0 Å². The van der Waals surface area contributed by atoms with Gasteiger partial charge in [0.25, 0.3) is 5.91 Å². The van der Waals surface area contributed by atoms with Crippen LogP contribution in [-0.4, -0.2) is 41.7 Å². The van der Waals surface area contributed by atoms with Crippen molar-refractivity contribution in [2.45, 2.75) is 32.0 Å². The zero-order valence-corrected chi connectivity index (χ0v) is 17.7. The Kier molecular flexibility index (Phi) is 6.03. The molecule has 2 heterocycles. The van der Waals surface area contributed by atoms with Gasteiger partial charge in [0.15, 0.2) is 6.10 Å². The van der Waals surface area contributed by atoms with Gasteiger partial charge in [-0.05, 0) is 54.7 Å². The minimum absolute atomic E-state index is 0.132. The smallest absolute Gasteiger partial charge is 0.265 e. The van der Waals surface area contributed by atoms with Gasteiger partial charge in [0.2, 0.25) is 0 Å². The number of nitrogens with one attached hydrogen (secondary N) is 1. The number of aliphatic hydroxyl groups is 1. The zero-order valence-electron chi connectivity index (χ0n) is 16.9. The molecule has 8 heteroatoms. The molecular weight excluding hydrogens is 421 g/mol. The molecule has 0 radical (unpaired) electrons. The van der Waals surface area contributed by atoms with Crippen molar-refractivity contribution >= 4 is 23.2 Å². The molecule has 0 saturated carbocycles. The molecule has 1 amide bonds. The van der Waals surface area contributed by atoms with Gasteiger partial charge >= 0.3 is 0 Å². The van der Waals surface area contributed by atoms with Crippen LogP contribution in [0.15, 0.2) is 36.4 Å². The summed E-state index contributed by atoms with van der Waals surface area (Å²) in [7, 11) is 0. The summed E-state index contributed by atoms with van der Waals surface area (Å²) in [6.07, 6.45) is 0.944. The number of nitrogens with zero attached hydrogens (tertiary/aromatic N) is 2. The molecule has 4 rings (SSSR count). The maximum absolute atomic E-state index is 13.2. The van der Waals surface area contributed by atoms with Crippen LogP contribution in [0.2, 0.25) is 5.02 Å². The van der Waals surface area contributed by atoms with Gasteiger partial charge < -0.3 is 20.1 Å². The predicted octanol–water partition coefficient (Wildman–Crippen LogP) is 3.52. The predicted molar refractivity (Wildman–Crippen MR) is 114 cm³/mol. The highest BCUT2D eigenvalue weighted by Gasteiger charge is 2.39. The molecule has 0 spiro atoms. The molecule has 6 nitrogen and oxygen atoms in total. The fourth-order valence-electron chi connectivity index (χ4n) is 4.17. The molecule has 1 saturated heterocycles. The molecule has 0 bridgehead atoms. The standard InChI is InChI=1S/C23H23ClFN3O3/c24-18-10-19-20(9-16(18)13-29)31-21(12-27-19)22(30)28-7-5-23(14-26,6-8-28)11-15-1-3-17(25)4-2-15/h1-4,9-10,21,27,29H,5-8,11-13H2. The Hall–Kier alpha value is -2.82. The highest BCUT2D eigenvalue weighted by Crippen LogP contribution is 2.37. The summed E-state index contributed by atoms with van der Waals surface area (Å²) >= 11 is 6.11. The average Bonchev–Trinajstić information content (AvgIpc) is 2.80. The lowest BCUT2D eigenvalue weighted by Crippen LogP contribution is -2.51. The molecule has 1 unspecified atom stereocenters. The molecule has 2 aromatic rings. The van der Waals surface area contributed by atoms with Gasteiger partial charge in [0.05, 0.1) is 30.3 Å². The number of hydrogen-bond donors (Lipinski definition) is 2. The third kappa shape index (κ3) is 4.46. The Labute approximate surface area is 185 Å². The lowest BCUT2D eigenvalue weighted by atomic mass is 9.75. The largest absolute Gasteiger partial charge is 0.477 e. The second kappa shape index (κ2) is 8.74. The number of ether oxygens (including phenoxy) is 1. The summed E-state index contributed by atoms with van der Waals surface area (Å²) in [4.78, 5) is 14.8. The lowest BCUT2D eigenvalue weighted by molar-refractivity contribution is -0.140. The number of nitriles is 1. The van der Waals surface area contributed by atoms with Gasteiger partial charge in [-0.25, -0.2) is 4.39 Å². The molecular formula is C23H23ClFN3O3. The minimum atomic E-state index is -0.688. The number of carbonyl (C=O) groups excluding carboxylic acids is 1. The molecule has 0 aliphatic carbocycles. The van der Waals surface area contributed by atoms with Crippen molar-refractivity contribution in [3.8, 4) is 11.8 Å². The van der Waals surface area contributed by atoms with Crippen molar-refractivity contribution in [3.63, 3.8) is 0 Å². The van der Waals surface area contributed by atoms with Gasteiger partial charge in [0, 0.05) is 18.1 Å². The SMILES string of the molecule is N#CC1(Cc2ccc(F)cc2)CCN(C(=O)C2CNc3cc(Cl)c(CO)cc3O2)CC1. The van der Waals surface area contributed by atoms with E-state index in [1.54, 1.807) is 29.2 Å². The molecule has 2 N–H and O–H groups in total. The van der Waals surface area contributed by atoms with E-state index in [1.807, 2.05) is 0 Å². The number of piperidine rings is 1. The first-order chi connectivity index (χ1) is 14.9. The lowest BCUT2D eigenvalue weighted by Gasteiger charge is -2.39.